The van der Waals surface area contributed by atoms with Gasteiger partial charge in [0.2, 0.25) is 0 Å². The summed E-state index contributed by atoms with van der Waals surface area (Å²) in [6, 6.07) is 10.1. The summed E-state index contributed by atoms with van der Waals surface area (Å²) in [6.07, 6.45) is 0. The molecule has 134 valence electrons. The minimum Gasteiger partial charge on any atom is -0.340 e. The lowest BCUT2D eigenvalue weighted by Crippen LogP contribution is -2.29. The Labute approximate surface area is 155 Å². The van der Waals surface area contributed by atoms with Gasteiger partial charge in [0.25, 0.3) is 0 Å². The molecule has 2 aromatic rings. The maximum Gasteiger partial charge on any atom is 0.334 e. The number of hydrogen-bond donors (Lipinski definition) is 2. The summed E-state index contributed by atoms with van der Waals surface area (Å²) in [5, 5.41) is 7.18. The van der Waals surface area contributed by atoms with Crippen LogP contribution in [0.5, 0.6) is 0 Å². The minimum absolute atomic E-state index is 0.00899. The van der Waals surface area contributed by atoms with E-state index in [0.717, 1.165) is 15.3 Å². The molecule has 2 amide bonds. The first-order chi connectivity index (χ1) is 11.8. The van der Waals surface area contributed by atoms with E-state index in [9.17, 15) is 13.2 Å². The molecule has 0 spiro atoms. The van der Waals surface area contributed by atoms with Gasteiger partial charge in [-0.25, -0.2) is 18.6 Å². The highest BCUT2D eigenvalue weighted by molar-refractivity contribution is 7.90. The second-order valence-electron chi connectivity index (χ2n) is 5.10. The van der Waals surface area contributed by atoms with Crippen molar-refractivity contribution in [3.63, 3.8) is 0 Å². The zero-order valence-corrected chi connectivity index (χ0v) is 16.1. The number of nitrogens with zero attached hydrogens (tertiary/aromatic N) is 1. The number of carbonyl (C=O) groups excluding carboxylic acids is 1. The van der Waals surface area contributed by atoms with Gasteiger partial charge in [-0.05, 0) is 24.3 Å². The molecule has 0 radical (unpaired) electrons. The molecule has 0 bridgehead atoms. The van der Waals surface area contributed by atoms with E-state index in [1.807, 2.05) is 0 Å². The smallest absolute Gasteiger partial charge is 0.334 e. The highest BCUT2D eigenvalue weighted by Crippen LogP contribution is 2.23. The Bertz CT molecular complexity index is 874. The van der Waals surface area contributed by atoms with Crippen molar-refractivity contribution in [2.24, 2.45) is 5.10 Å². The first kappa shape index (κ1) is 19.4. The first-order valence-corrected chi connectivity index (χ1v) is 10.5. The molecule has 0 fully saturated rings. The van der Waals surface area contributed by atoms with Gasteiger partial charge in [-0.3, -0.25) is 0 Å². The lowest BCUT2D eigenvalue weighted by atomic mass is 10.1. The summed E-state index contributed by atoms with van der Waals surface area (Å²) in [6.45, 7) is 1.62. The number of urea groups is 1. The second kappa shape index (κ2) is 8.46. The van der Waals surface area contributed by atoms with E-state index in [0.29, 0.717) is 10.7 Å². The van der Waals surface area contributed by atoms with E-state index in [-0.39, 0.29) is 11.5 Å². The van der Waals surface area contributed by atoms with E-state index in [4.69, 9.17) is 11.6 Å². The molecule has 0 aliphatic carbocycles. The van der Waals surface area contributed by atoms with Crippen molar-refractivity contribution in [3.8, 4) is 0 Å². The van der Waals surface area contributed by atoms with E-state index in [1.165, 1.54) is 18.4 Å². The van der Waals surface area contributed by atoms with Gasteiger partial charge in [0, 0.05) is 28.3 Å². The molecule has 6 nitrogen and oxygen atoms in total. The summed E-state index contributed by atoms with van der Waals surface area (Å²) in [7, 11) is -1.62. The van der Waals surface area contributed by atoms with Gasteiger partial charge in [-0.1, -0.05) is 30.7 Å². The standard InChI is InChI=1S/C16H18ClN3O3S2/c1-3-25(22,23)10-13-8-9-14(24-13)15(19-20-16(21)18-2)11-4-6-12(17)7-5-11/h4-9H,3,10H2,1-2H3,(H2,18,20,21). The summed E-state index contributed by atoms with van der Waals surface area (Å²) in [5.41, 5.74) is 3.70. The number of benzene rings is 1. The van der Waals surface area contributed by atoms with Crippen molar-refractivity contribution in [2.75, 3.05) is 12.8 Å². The molecular formula is C16H18ClN3O3S2. The maximum atomic E-state index is 11.8. The molecule has 2 N–H and O–H groups in total. The van der Waals surface area contributed by atoms with E-state index >= 15 is 0 Å². The molecule has 2 rings (SSSR count). The van der Waals surface area contributed by atoms with E-state index < -0.39 is 15.9 Å². The first-order valence-electron chi connectivity index (χ1n) is 7.45. The Morgan fingerprint density at radius 3 is 2.48 bits per heavy atom. The van der Waals surface area contributed by atoms with Crippen LogP contribution in [-0.2, 0) is 15.6 Å². The van der Waals surface area contributed by atoms with Crippen molar-refractivity contribution in [2.45, 2.75) is 12.7 Å². The molecule has 25 heavy (non-hydrogen) atoms. The van der Waals surface area contributed by atoms with Gasteiger partial charge in [0.15, 0.2) is 9.84 Å². The Hall–Kier alpha value is -1.90. The quantitative estimate of drug-likeness (QED) is 0.578. The number of sulfone groups is 1. The number of halogens is 1. The third-order valence-electron chi connectivity index (χ3n) is 3.31. The SMILES string of the molecule is CCS(=O)(=O)Cc1ccc(C(=NNC(=O)NC)c2ccc(Cl)cc2)s1. The minimum atomic E-state index is -3.11. The number of thiophene rings is 1. The van der Waals surface area contributed by atoms with Crippen LogP contribution in [0.3, 0.4) is 0 Å². The lowest BCUT2D eigenvalue weighted by molar-refractivity contribution is 0.243. The highest BCUT2D eigenvalue weighted by atomic mass is 35.5. The number of carbonyl (C=O) groups is 1. The van der Waals surface area contributed by atoms with Crippen LogP contribution in [0.2, 0.25) is 5.02 Å². The van der Waals surface area contributed by atoms with E-state index in [1.54, 1.807) is 43.3 Å². The van der Waals surface area contributed by atoms with Crippen molar-refractivity contribution >= 4 is 44.5 Å². The van der Waals surface area contributed by atoms with Crippen LogP contribution < -0.4 is 10.7 Å². The largest absolute Gasteiger partial charge is 0.340 e. The molecule has 0 aliphatic rings. The predicted molar refractivity (Wildman–Crippen MR) is 102 cm³/mol. The zero-order chi connectivity index (χ0) is 18.4. The summed E-state index contributed by atoms with van der Waals surface area (Å²) in [4.78, 5) is 12.9. The molecule has 0 saturated carbocycles. The zero-order valence-electron chi connectivity index (χ0n) is 13.7. The molecule has 0 unspecified atom stereocenters. The lowest BCUT2D eigenvalue weighted by Gasteiger charge is -2.06. The summed E-state index contributed by atoms with van der Waals surface area (Å²) < 4.78 is 23.6. The third-order valence-corrected chi connectivity index (χ3v) is 6.47. The number of hydrazone groups is 1. The van der Waals surface area contributed by atoms with Gasteiger partial charge < -0.3 is 5.32 Å². The van der Waals surface area contributed by atoms with Crippen LogP contribution in [0.15, 0.2) is 41.5 Å². The van der Waals surface area contributed by atoms with E-state index in [2.05, 4.69) is 15.8 Å². The van der Waals surface area contributed by atoms with Crippen molar-refractivity contribution < 1.29 is 13.2 Å². The van der Waals surface area contributed by atoms with Crippen LogP contribution in [0.4, 0.5) is 4.79 Å². The number of nitrogens with one attached hydrogen (secondary N) is 2. The average molecular weight is 400 g/mol. The topological polar surface area (TPSA) is 87.6 Å². The Balaban J connectivity index is 2.37. The molecule has 0 atom stereocenters. The monoisotopic (exact) mass is 399 g/mol. The van der Waals surface area contributed by atoms with Crippen molar-refractivity contribution in [1.82, 2.24) is 10.7 Å². The normalized spacial score (nSPS) is 12.0. The van der Waals surface area contributed by atoms with Crippen LogP contribution >= 0.6 is 22.9 Å². The Kier molecular flexibility index (Phi) is 6.57. The maximum absolute atomic E-state index is 11.8. The highest BCUT2D eigenvalue weighted by Gasteiger charge is 2.15. The molecule has 0 saturated heterocycles. The fraction of sp³-hybridized carbons (Fsp3) is 0.250. The predicted octanol–water partition coefficient (Wildman–Crippen LogP) is 3.02. The van der Waals surface area contributed by atoms with Crippen LogP contribution in [-0.4, -0.2) is 33.0 Å². The van der Waals surface area contributed by atoms with Gasteiger partial charge >= 0.3 is 6.03 Å². The summed E-state index contributed by atoms with van der Waals surface area (Å²) >= 11 is 7.25. The molecule has 0 aliphatic heterocycles. The van der Waals surface area contributed by atoms with Crippen LogP contribution in [0, 0.1) is 0 Å². The van der Waals surface area contributed by atoms with Crippen molar-refractivity contribution in [3.05, 3.63) is 56.7 Å². The van der Waals surface area contributed by atoms with Gasteiger partial charge in [0.05, 0.1) is 10.6 Å². The van der Waals surface area contributed by atoms with Crippen LogP contribution in [0.1, 0.15) is 22.2 Å². The molecule has 1 aromatic heterocycles. The van der Waals surface area contributed by atoms with Crippen molar-refractivity contribution in [1.29, 1.82) is 0 Å². The fourth-order valence-corrected chi connectivity index (χ4v) is 4.38. The van der Waals surface area contributed by atoms with Gasteiger partial charge in [-0.15, -0.1) is 11.3 Å². The molecular weight excluding hydrogens is 382 g/mol. The molecule has 9 heteroatoms. The third kappa shape index (κ3) is 5.55. The summed E-state index contributed by atoms with van der Waals surface area (Å²) in [5.74, 6) is 0.0849. The Morgan fingerprint density at radius 2 is 1.88 bits per heavy atom. The molecule has 1 aromatic carbocycles. The number of rotatable bonds is 6. The number of amides is 2. The van der Waals surface area contributed by atoms with Gasteiger partial charge in [0.1, 0.15) is 5.71 Å². The van der Waals surface area contributed by atoms with Crippen LogP contribution in [0.25, 0.3) is 0 Å². The van der Waals surface area contributed by atoms with Gasteiger partial charge in [-0.2, -0.15) is 5.10 Å². The Morgan fingerprint density at radius 1 is 1.20 bits per heavy atom. The number of hydrogen-bond acceptors (Lipinski definition) is 5. The second-order valence-corrected chi connectivity index (χ2v) is 9.06. The molecule has 1 heterocycles. The fourth-order valence-electron chi connectivity index (χ4n) is 1.93. The average Bonchev–Trinajstić information content (AvgIpc) is 3.03.